The van der Waals surface area contributed by atoms with Gasteiger partial charge in [0.05, 0.1) is 24.8 Å². The minimum absolute atomic E-state index is 0.107. The first-order chi connectivity index (χ1) is 9.76. The summed E-state index contributed by atoms with van der Waals surface area (Å²) in [6.45, 7) is 9.47. The standard InChI is InChI=1S/C15H26N2O3S/c1-9(8-18)17(7-10(2)19)15(20)16-12(4)14-6-11(3)21-13(14)5/h6,9-10,12,18-19H,7-8H2,1-5H3,(H,16,20)/t9-,10-,12+/m1/s1. The summed E-state index contributed by atoms with van der Waals surface area (Å²) in [6.07, 6.45) is -0.634. The lowest BCUT2D eigenvalue weighted by Gasteiger charge is -2.30. The Morgan fingerprint density at radius 1 is 1.38 bits per heavy atom. The van der Waals surface area contributed by atoms with Crippen LogP contribution in [0.4, 0.5) is 4.79 Å². The van der Waals surface area contributed by atoms with Crippen LogP contribution in [-0.4, -0.2) is 46.4 Å². The van der Waals surface area contributed by atoms with Crippen molar-refractivity contribution in [3.8, 4) is 0 Å². The minimum atomic E-state index is -0.634. The largest absolute Gasteiger partial charge is 0.394 e. The van der Waals surface area contributed by atoms with Crippen molar-refractivity contribution < 1.29 is 15.0 Å². The van der Waals surface area contributed by atoms with Crippen LogP contribution in [-0.2, 0) is 0 Å². The number of rotatable bonds is 6. The van der Waals surface area contributed by atoms with E-state index in [0.717, 1.165) is 5.56 Å². The number of hydrogen-bond acceptors (Lipinski definition) is 4. The van der Waals surface area contributed by atoms with Crippen LogP contribution in [0.15, 0.2) is 6.07 Å². The maximum absolute atomic E-state index is 12.4. The van der Waals surface area contributed by atoms with E-state index in [2.05, 4.69) is 11.4 Å². The Bertz CT molecular complexity index is 473. The summed E-state index contributed by atoms with van der Waals surface area (Å²) in [5, 5.41) is 21.7. The second kappa shape index (κ2) is 7.77. The molecule has 6 heteroatoms. The van der Waals surface area contributed by atoms with E-state index in [1.165, 1.54) is 14.7 Å². The van der Waals surface area contributed by atoms with Crippen LogP contribution in [0.1, 0.15) is 42.1 Å². The number of urea groups is 1. The fourth-order valence-corrected chi connectivity index (χ4v) is 3.29. The number of nitrogens with zero attached hydrogens (tertiary/aromatic N) is 1. The Labute approximate surface area is 130 Å². The number of carbonyl (C=O) groups excluding carboxylic acids is 1. The van der Waals surface area contributed by atoms with Gasteiger partial charge in [-0.15, -0.1) is 11.3 Å². The van der Waals surface area contributed by atoms with Gasteiger partial charge in [-0.25, -0.2) is 4.79 Å². The van der Waals surface area contributed by atoms with Crippen LogP contribution >= 0.6 is 11.3 Å². The SMILES string of the molecule is Cc1cc([C@H](C)NC(=O)N(C[C@@H](C)O)[C@H](C)CO)c(C)s1. The molecule has 120 valence electrons. The number of amides is 2. The maximum Gasteiger partial charge on any atom is 0.318 e. The van der Waals surface area contributed by atoms with Crippen LogP contribution in [0.25, 0.3) is 0 Å². The van der Waals surface area contributed by atoms with Gasteiger partial charge in [0.1, 0.15) is 0 Å². The van der Waals surface area contributed by atoms with E-state index in [4.69, 9.17) is 0 Å². The molecular formula is C15H26N2O3S. The number of aliphatic hydroxyl groups is 2. The van der Waals surface area contributed by atoms with Crippen LogP contribution in [0, 0.1) is 13.8 Å². The molecule has 0 aliphatic carbocycles. The predicted octanol–water partition coefficient (Wildman–Crippen LogP) is 2.20. The molecule has 2 amide bonds. The second-order valence-corrected chi connectivity index (χ2v) is 7.03. The van der Waals surface area contributed by atoms with Crippen molar-refractivity contribution in [3.63, 3.8) is 0 Å². The molecular weight excluding hydrogens is 288 g/mol. The third-order valence-electron chi connectivity index (χ3n) is 3.40. The van der Waals surface area contributed by atoms with E-state index >= 15 is 0 Å². The third kappa shape index (κ3) is 4.98. The Hall–Kier alpha value is -1.11. The maximum atomic E-state index is 12.4. The van der Waals surface area contributed by atoms with Gasteiger partial charge in [-0.2, -0.15) is 0 Å². The second-order valence-electron chi connectivity index (χ2n) is 5.57. The van der Waals surface area contributed by atoms with E-state index in [1.807, 2.05) is 20.8 Å². The quantitative estimate of drug-likeness (QED) is 0.754. The average molecular weight is 314 g/mol. The van der Waals surface area contributed by atoms with Gasteiger partial charge in [0.15, 0.2) is 0 Å². The molecule has 1 aromatic heterocycles. The topological polar surface area (TPSA) is 72.8 Å². The monoisotopic (exact) mass is 314 g/mol. The smallest absolute Gasteiger partial charge is 0.318 e. The summed E-state index contributed by atoms with van der Waals surface area (Å²) >= 11 is 1.71. The van der Waals surface area contributed by atoms with Crippen molar-refractivity contribution in [2.45, 2.75) is 52.8 Å². The summed E-state index contributed by atoms with van der Waals surface area (Å²) in [7, 11) is 0. The highest BCUT2D eigenvalue weighted by Crippen LogP contribution is 2.26. The average Bonchev–Trinajstić information content (AvgIpc) is 2.73. The zero-order valence-corrected chi connectivity index (χ0v) is 14.2. The Morgan fingerprint density at radius 2 is 2.00 bits per heavy atom. The van der Waals surface area contributed by atoms with Crippen LogP contribution in [0.5, 0.6) is 0 Å². The lowest BCUT2D eigenvalue weighted by molar-refractivity contribution is 0.0926. The third-order valence-corrected chi connectivity index (χ3v) is 4.39. The van der Waals surface area contributed by atoms with E-state index < -0.39 is 6.10 Å². The van der Waals surface area contributed by atoms with Crippen LogP contribution in [0.2, 0.25) is 0 Å². The fourth-order valence-electron chi connectivity index (χ4n) is 2.27. The predicted molar refractivity (Wildman–Crippen MR) is 85.7 cm³/mol. The number of aryl methyl sites for hydroxylation is 2. The highest BCUT2D eigenvalue weighted by atomic mass is 32.1. The normalized spacial score (nSPS) is 15.4. The molecule has 0 unspecified atom stereocenters. The number of carbonyl (C=O) groups is 1. The van der Waals surface area contributed by atoms with Crippen molar-refractivity contribution in [2.75, 3.05) is 13.2 Å². The Morgan fingerprint density at radius 3 is 2.43 bits per heavy atom. The molecule has 21 heavy (non-hydrogen) atoms. The molecule has 0 saturated heterocycles. The molecule has 0 fully saturated rings. The molecule has 1 aromatic rings. The van der Waals surface area contributed by atoms with E-state index in [1.54, 1.807) is 25.2 Å². The van der Waals surface area contributed by atoms with Crippen LogP contribution in [0.3, 0.4) is 0 Å². The molecule has 3 atom stereocenters. The minimum Gasteiger partial charge on any atom is -0.394 e. The lowest BCUT2D eigenvalue weighted by atomic mass is 10.1. The van der Waals surface area contributed by atoms with E-state index in [0.29, 0.717) is 0 Å². The van der Waals surface area contributed by atoms with Crippen molar-refractivity contribution in [3.05, 3.63) is 21.4 Å². The number of hydrogen-bond donors (Lipinski definition) is 3. The molecule has 0 saturated carbocycles. The fraction of sp³-hybridized carbons (Fsp3) is 0.667. The van der Waals surface area contributed by atoms with Crippen molar-refractivity contribution in [1.82, 2.24) is 10.2 Å². The lowest BCUT2D eigenvalue weighted by Crippen LogP contribution is -2.49. The van der Waals surface area contributed by atoms with E-state index in [-0.39, 0.29) is 31.3 Å². The van der Waals surface area contributed by atoms with Crippen LogP contribution < -0.4 is 5.32 Å². The van der Waals surface area contributed by atoms with Gasteiger partial charge in [0.2, 0.25) is 0 Å². The number of nitrogens with one attached hydrogen (secondary N) is 1. The number of thiophene rings is 1. The summed E-state index contributed by atoms with van der Waals surface area (Å²) in [5.74, 6) is 0. The summed E-state index contributed by atoms with van der Waals surface area (Å²) in [5.41, 5.74) is 1.11. The van der Waals surface area contributed by atoms with Gasteiger partial charge < -0.3 is 20.4 Å². The van der Waals surface area contributed by atoms with Crippen molar-refractivity contribution >= 4 is 17.4 Å². The van der Waals surface area contributed by atoms with Gasteiger partial charge in [-0.05, 0) is 46.2 Å². The Kier molecular flexibility index (Phi) is 6.64. The summed E-state index contributed by atoms with van der Waals surface area (Å²) < 4.78 is 0. The molecule has 3 N–H and O–H groups in total. The van der Waals surface area contributed by atoms with Gasteiger partial charge in [-0.1, -0.05) is 0 Å². The Balaban J connectivity index is 2.78. The molecule has 0 aliphatic rings. The first-order valence-corrected chi connectivity index (χ1v) is 8.00. The van der Waals surface area contributed by atoms with Crippen molar-refractivity contribution in [2.24, 2.45) is 0 Å². The zero-order valence-electron chi connectivity index (χ0n) is 13.4. The van der Waals surface area contributed by atoms with E-state index in [9.17, 15) is 15.0 Å². The van der Waals surface area contributed by atoms with Crippen molar-refractivity contribution in [1.29, 1.82) is 0 Å². The molecule has 0 aliphatic heterocycles. The molecule has 0 bridgehead atoms. The van der Waals surface area contributed by atoms with Gasteiger partial charge in [0, 0.05) is 16.3 Å². The molecule has 1 rings (SSSR count). The molecule has 1 heterocycles. The van der Waals surface area contributed by atoms with Gasteiger partial charge >= 0.3 is 6.03 Å². The highest BCUT2D eigenvalue weighted by Gasteiger charge is 2.23. The molecule has 0 aromatic carbocycles. The first kappa shape index (κ1) is 17.9. The van der Waals surface area contributed by atoms with Gasteiger partial charge in [-0.3, -0.25) is 0 Å². The molecule has 0 spiro atoms. The number of aliphatic hydroxyl groups excluding tert-OH is 2. The molecule has 5 nitrogen and oxygen atoms in total. The zero-order chi connectivity index (χ0) is 16.2. The molecule has 0 radical (unpaired) electrons. The first-order valence-electron chi connectivity index (χ1n) is 7.19. The highest BCUT2D eigenvalue weighted by molar-refractivity contribution is 7.12. The summed E-state index contributed by atoms with van der Waals surface area (Å²) in [6, 6.07) is 1.37. The van der Waals surface area contributed by atoms with Gasteiger partial charge in [0.25, 0.3) is 0 Å². The summed E-state index contributed by atoms with van der Waals surface area (Å²) in [4.78, 5) is 16.3.